The Morgan fingerprint density at radius 1 is 1.15 bits per heavy atom. The molecule has 1 fully saturated rings. The van der Waals surface area contributed by atoms with Crippen molar-refractivity contribution in [3.63, 3.8) is 0 Å². The van der Waals surface area contributed by atoms with Gasteiger partial charge in [-0.2, -0.15) is 0 Å². The van der Waals surface area contributed by atoms with Crippen molar-refractivity contribution in [2.24, 2.45) is 0 Å². The smallest absolute Gasteiger partial charge is 0.356 e. The fraction of sp³-hybridized carbons (Fsp3) is 0.227. The van der Waals surface area contributed by atoms with Crippen molar-refractivity contribution >= 4 is 35.2 Å². The summed E-state index contributed by atoms with van der Waals surface area (Å²) in [5, 5.41) is 12.9. The molecule has 0 unspecified atom stereocenters. The molecule has 2 aliphatic heterocycles. The Labute approximate surface area is 192 Å². The molecule has 0 spiro atoms. The van der Waals surface area contributed by atoms with Crippen molar-refractivity contribution < 1.29 is 28.8 Å². The number of fused-ring (bicyclic) bond motifs is 1. The highest BCUT2D eigenvalue weighted by atomic mass is 32.2. The average Bonchev–Trinajstić information content (AvgIpc) is 3.13. The third-order valence-electron chi connectivity index (χ3n) is 5.06. The van der Waals surface area contributed by atoms with Gasteiger partial charge in [0.15, 0.2) is 6.61 Å². The van der Waals surface area contributed by atoms with Crippen LogP contribution in [-0.4, -0.2) is 45.6 Å². The van der Waals surface area contributed by atoms with Gasteiger partial charge < -0.3 is 14.8 Å². The Bertz CT molecular complexity index is 1130. The maximum atomic E-state index is 12.6. The van der Waals surface area contributed by atoms with E-state index in [1.807, 2.05) is 6.07 Å². The predicted octanol–water partition coefficient (Wildman–Crippen LogP) is 2.35. The SMILES string of the molecule is CC1=C(C(=O)OCc2ccc([N+](=O)[O-])cc2)N2C(=O)[C@@H](NC(=O)COc3ccccc3)[C@H]2S1. The zero-order valence-electron chi connectivity index (χ0n) is 17.4. The second-order valence-electron chi connectivity index (χ2n) is 7.27. The number of nitrogens with one attached hydrogen (secondary N) is 1. The third-order valence-corrected chi connectivity index (χ3v) is 6.33. The molecule has 2 atom stereocenters. The normalized spacial score (nSPS) is 18.9. The average molecular weight is 469 g/mol. The van der Waals surface area contributed by atoms with Crippen LogP contribution in [0.1, 0.15) is 12.5 Å². The highest BCUT2D eigenvalue weighted by Crippen LogP contribution is 2.46. The molecule has 0 radical (unpaired) electrons. The molecule has 2 aliphatic rings. The van der Waals surface area contributed by atoms with Gasteiger partial charge in [0.2, 0.25) is 0 Å². The molecule has 0 bridgehead atoms. The predicted molar refractivity (Wildman–Crippen MR) is 118 cm³/mol. The quantitative estimate of drug-likeness (QED) is 0.270. The number of nitrogens with zero attached hydrogens (tertiary/aromatic N) is 2. The molecule has 4 rings (SSSR count). The second-order valence-corrected chi connectivity index (χ2v) is 8.60. The van der Waals surface area contributed by atoms with Crippen LogP contribution in [0.15, 0.2) is 65.2 Å². The number of benzene rings is 2. The first-order valence-electron chi connectivity index (χ1n) is 9.93. The summed E-state index contributed by atoms with van der Waals surface area (Å²) in [5.41, 5.74) is 0.655. The van der Waals surface area contributed by atoms with Crippen molar-refractivity contribution in [3.05, 3.63) is 80.9 Å². The number of hydrogen-bond acceptors (Lipinski definition) is 8. The lowest BCUT2D eigenvalue weighted by Crippen LogP contribution is -2.68. The van der Waals surface area contributed by atoms with Crippen LogP contribution < -0.4 is 10.1 Å². The summed E-state index contributed by atoms with van der Waals surface area (Å²) >= 11 is 1.30. The Balaban J connectivity index is 1.30. The number of β-lactam (4-membered cyclic amide) rings is 1. The molecule has 170 valence electrons. The van der Waals surface area contributed by atoms with Gasteiger partial charge in [-0.25, -0.2) is 4.79 Å². The number of hydrogen-bond donors (Lipinski definition) is 1. The van der Waals surface area contributed by atoms with Gasteiger partial charge in [0.1, 0.15) is 29.5 Å². The molecule has 2 heterocycles. The molecule has 11 heteroatoms. The number of para-hydroxylation sites is 1. The van der Waals surface area contributed by atoms with Crippen LogP contribution in [0.2, 0.25) is 0 Å². The minimum absolute atomic E-state index is 0.0629. The van der Waals surface area contributed by atoms with Gasteiger partial charge in [-0.05, 0) is 36.8 Å². The summed E-state index contributed by atoms with van der Waals surface area (Å²) < 4.78 is 10.7. The van der Waals surface area contributed by atoms with Gasteiger partial charge in [-0.1, -0.05) is 18.2 Å². The first-order chi connectivity index (χ1) is 15.8. The molecule has 33 heavy (non-hydrogen) atoms. The van der Waals surface area contributed by atoms with Gasteiger partial charge in [0.05, 0.1) is 4.92 Å². The third kappa shape index (κ3) is 4.67. The van der Waals surface area contributed by atoms with Gasteiger partial charge in [0, 0.05) is 17.0 Å². The van der Waals surface area contributed by atoms with E-state index < -0.39 is 34.1 Å². The summed E-state index contributed by atoms with van der Waals surface area (Å²) in [6, 6.07) is 13.7. The zero-order chi connectivity index (χ0) is 23.5. The lowest BCUT2D eigenvalue weighted by Gasteiger charge is -2.42. The largest absolute Gasteiger partial charge is 0.484 e. The van der Waals surface area contributed by atoms with E-state index in [2.05, 4.69) is 5.32 Å². The molecule has 10 nitrogen and oxygen atoms in total. The molecule has 1 saturated heterocycles. The molecule has 0 aromatic heterocycles. The Morgan fingerprint density at radius 3 is 2.52 bits per heavy atom. The first kappa shape index (κ1) is 22.3. The van der Waals surface area contributed by atoms with Crippen LogP contribution in [0.25, 0.3) is 0 Å². The van der Waals surface area contributed by atoms with Crippen LogP contribution in [0, 0.1) is 10.1 Å². The van der Waals surface area contributed by atoms with E-state index in [9.17, 15) is 24.5 Å². The molecular formula is C22H19N3O7S. The van der Waals surface area contributed by atoms with Gasteiger partial charge in [-0.15, -0.1) is 11.8 Å². The van der Waals surface area contributed by atoms with Crippen molar-refractivity contribution in [2.75, 3.05) is 6.61 Å². The van der Waals surface area contributed by atoms with Gasteiger partial charge in [-0.3, -0.25) is 24.6 Å². The number of nitro benzene ring substituents is 1. The van der Waals surface area contributed by atoms with E-state index in [4.69, 9.17) is 9.47 Å². The second kappa shape index (κ2) is 9.33. The van der Waals surface area contributed by atoms with Crippen molar-refractivity contribution in [2.45, 2.75) is 24.9 Å². The Morgan fingerprint density at radius 2 is 1.85 bits per heavy atom. The van der Waals surface area contributed by atoms with Crippen molar-refractivity contribution in [1.29, 1.82) is 0 Å². The van der Waals surface area contributed by atoms with Gasteiger partial charge >= 0.3 is 5.97 Å². The summed E-state index contributed by atoms with van der Waals surface area (Å²) in [6.45, 7) is 1.37. The molecule has 2 aromatic rings. The fourth-order valence-corrected chi connectivity index (χ4v) is 4.71. The number of carbonyl (C=O) groups is 3. The number of thioether (sulfide) groups is 1. The van der Waals surface area contributed by atoms with Gasteiger partial charge in [0.25, 0.3) is 17.5 Å². The van der Waals surface area contributed by atoms with E-state index >= 15 is 0 Å². The van der Waals surface area contributed by atoms with Crippen molar-refractivity contribution in [1.82, 2.24) is 10.2 Å². The first-order valence-corrected chi connectivity index (χ1v) is 10.8. The summed E-state index contributed by atoms with van der Waals surface area (Å²) in [6.07, 6.45) is 0. The zero-order valence-corrected chi connectivity index (χ0v) is 18.2. The Hall–Kier alpha value is -3.86. The van der Waals surface area contributed by atoms with Crippen LogP contribution in [-0.2, 0) is 25.7 Å². The van der Waals surface area contributed by atoms with Crippen LogP contribution in [0.5, 0.6) is 5.75 Å². The van der Waals surface area contributed by atoms with Crippen molar-refractivity contribution in [3.8, 4) is 5.75 Å². The van der Waals surface area contributed by atoms with E-state index in [1.54, 1.807) is 31.2 Å². The number of ether oxygens (including phenoxy) is 2. The summed E-state index contributed by atoms with van der Waals surface area (Å²) in [5.74, 6) is -0.976. The van der Waals surface area contributed by atoms with Crippen LogP contribution >= 0.6 is 11.8 Å². The Kier molecular flexibility index (Phi) is 6.31. The maximum Gasteiger partial charge on any atom is 0.356 e. The van der Waals surface area contributed by atoms with Crippen LogP contribution in [0.3, 0.4) is 0 Å². The highest BCUT2D eigenvalue weighted by Gasteiger charge is 2.56. The number of allylic oxidation sites excluding steroid dienone is 1. The topological polar surface area (TPSA) is 128 Å². The lowest BCUT2D eigenvalue weighted by molar-refractivity contribution is -0.384. The molecule has 1 N–H and O–H groups in total. The minimum Gasteiger partial charge on any atom is -0.484 e. The maximum absolute atomic E-state index is 12.6. The molecule has 0 saturated carbocycles. The van der Waals surface area contributed by atoms with Crippen LogP contribution in [0.4, 0.5) is 5.69 Å². The minimum atomic E-state index is -0.767. The van der Waals surface area contributed by atoms with E-state index in [0.717, 1.165) is 0 Å². The number of carbonyl (C=O) groups excluding carboxylic acids is 3. The number of amides is 2. The molecule has 0 aliphatic carbocycles. The number of non-ortho nitro benzene ring substituents is 1. The number of nitro groups is 1. The monoisotopic (exact) mass is 469 g/mol. The lowest BCUT2D eigenvalue weighted by atomic mass is 10.1. The standard InChI is InChI=1S/C22H19N3O7S/c1-13-19(22(28)32-11-14-7-9-15(10-8-14)25(29)30)24-20(27)18(21(24)33-13)23-17(26)12-31-16-5-3-2-4-6-16/h2-10,18,21H,11-12H2,1H3,(H,23,26)/t18-,21-/m1/s1. The summed E-state index contributed by atoms with van der Waals surface area (Å²) in [4.78, 5) is 49.6. The summed E-state index contributed by atoms with van der Waals surface area (Å²) in [7, 11) is 0. The van der Waals surface area contributed by atoms with E-state index in [1.165, 1.54) is 40.9 Å². The number of esters is 1. The fourth-order valence-electron chi connectivity index (χ4n) is 3.42. The molecule has 2 aromatic carbocycles. The highest BCUT2D eigenvalue weighted by molar-refractivity contribution is 8.04. The van der Waals surface area contributed by atoms with E-state index in [0.29, 0.717) is 16.2 Å². The molecular weight excluding hydrogens is 450 g/mol. The molecule has 2 amide bonds. The van der Waals surface area contributed by atoms with E-state index in [-0.39, 0.29) is 24.6 Å². The number of rotatable bonds is 8.